The molecule has 0 spiro atoms. The van der Waals surface area contributed by atoms with Gasteiger partial charge in [-0.2, -0.15) is 0 Å². The molecule has 3 aromatic heterocycles. The summed E-state index contributed by atoms with van der Waals surface area (Å²) in [6.07, 6.45) is 3.67. The third-order valence-corrected chi connectivity index (χ3v) is 8.14. The number of carbonyl (C=O) groups is 1. The zero-order chi connectivity index (χ0) is 24.0. The molecule has 10 heteroatoms. The van der Waals surface area contributed by atoms with Crippen LogP contribution < -0.4 is 5.32 Å². The van der Waals surface area contributed by atoms with Crippen LogP contribution in [0.4, 0.5) is 10.9 Å². The van der Waals surface area contributed by atoms with Gasteiger partial charge >= 0.3 is 0 Å². The topological polar surface area (TPSA) is 94.5 Å². The average Bonchev–Trinajstić information content (AvgIpc) is 3.43. The summed E-state index contributed by atoms with van der Waals surface area (Å²) < 4.78 is 0. The Morgan fingerprint density at radius 1 is 1.21 bits per heavy atom. The molecule has 2 aliphatic rings. The third kappa shape index (κ3) is 4.86. The highest BCUT2D eigenvalue weighted by Crippen LogP contribution is 2.34. The fourth-order valence-electron chi connectivity index (χ4n) is 5.06. The molecule has 1 amide bonds. The number of aryl methyl sites for hydroxylation is 2. The molecule has 2 saturated heterocycles. The van der Waals surface area contributed by atoms with Gasteiger partial charge in [-0.05, 0) is 52.7 Å². The Morgan fingerprint density at radius 3 is 2.53 bits per heavy atom. The lowest BCUT2D eigenvalue weighted by molar-refractivity contribution is 0.000331. The highest BCUT2D eigenvalue weighted by atomic mass is 32.1. The standard InChI is InChI=1S/C24H30N6O2S2/c1-14-21(34-15(2)26-14)19-12-33-23(27-19)28-20-8-5-16(9-25-20)22(31)30-17-6-7-18(30)11-29(10-17)13-24(3,4)32/h5,8-9,12,17-18,32H,6-7,10-11,13H2,1-4H3,(H,25,27,28)/t17-,18+. The van der Waals surface area contributed by atoms with E-state index in [4.69, 9.17) is 0 Å². The van der Waals surface area contributed by atoms with Crippen molar-refractivity contribution in [3.05, 3.63) is 40.0 Å². The molecule has 5 heterocycles. The molecule has 2 aliphatic heterocycles. The highest BCUT2D eigenvalue weighted by Gasteiger charge is 2.43. The Bertz CT molecular complexity index is 1170. The largest absolute Gasteiger partial charge is 0.389 e. The van der Waals surface area contributed by atoms with Gasteiger partial charge in [0.2, 0.25) is 0 Å². The van der Waals surface area contributed by atoms with Crippen LogP contribution in [-0.4, -0.2) is 73.1 Å². The van der Waals surface area contributed by atoms with Gasteiger partial charge in [0.25, 0.3) is 5.91 Å². The van der Waals surface area contributed by atoms with Crippen molar-refractivity contribution in [1.82, 2.24) is 24.8 Å². The molecule has 0 aliphatic carbocycles. The summed E-state index contributed by atoms with van der Waals surface area (Å²) in [5, 5.41) is 17.2. The molecule has 34 heavy (non-hydrogen) atoms. The molecule has 2 bridgehead atoms. The van der Waals surface area contributed by atoms with E-state index in [0.717, 1.165) is 52.3 Å². The van der Waals surface area contributed by atoms with Crippen molar-refractivity contribution >= 4 is 39.5 Å². The first-order valence-corrected chi connectivity index (χ1v) is 13.3. The Kier molecular flexibility index (Phi) is 6.18. The average molecular weight is 499 g/mol. The number of β-amino-alcohol motifs (C(OH)–C–C–N with tert-alkyl or cyclic N) is 1. The van der Waals surface area contributed by atoms with Crippen molar-refractivity contribution in [3.63, 3.8) is 0 Å². The van der Waals surface area contributed by atoms with Gasteiger partial charge in [-0.15, -0.1) is 22.7 Å². The van der Waals surface area contributed by atoms with Crippen LogP contribution >= 0.6 is 22.7 Å². The van der Waals surface area contributed by atoms with Crippen LogP contribution in [0, 0.1) is 13.8 Å². The second-order valence-corrected chi connectivity index (χ2v) is 11.9. The number of piperazine rings is 1. The maximum atomic E-state index is 13.3. The molecule has 2 N–H and O–H groups in total. The van der Waals surface area contributed by atoms with E-state index in [2.05, 4.69) is 25.2 Å². The molecule has 0 saturated carbocycles. The molecule has 3 aromatic rings. The number of amides is 1. The van der Waals surface area contributed by atoms with E-state index < -0.39 is 5.60 Å². The van der Waals surface area contributed by atoms with Crippen LogP contribution in [0.15, 0.2) is 23.7 Å². The van der Waals surface area contributed by atoms with Gasteiger partial charge < -0.3 is 15.3 Å². The minimum Gasteiger partial charge on any atom is -0.389 e. The minimum absolute atomic E-state index is 0.0435. The van der Waals surface area contributed by atoms with Crippen molar-refractivity contribution in [2.24, 2.45) is 0 Å². The number of thiazole rings is 2. The number of aliphatic hydroxyl groups is 1. The highest BCUT2D eigenvalue weighted by molar-refractivity contribution is 7.16. The zero-order valence-electron chi connectivity index (χ0n) is 19.9. The zero-order valence-corrected chi connectivity index (χ0v) is 21.5. The first kappa shape index (κ1) is 23.3. The van der Waals surface area contributed by atoms with Crippen LogP contribution in [0.5, 0.6) is 0 Å². The second kappa shape index (κ2) is 8.99. The van der Waals surface area contributed by atoms with Crippen LogP contribution in [0.2, 0.25) is 0 Å². The maximum Gasteiger partial charge on any atom is 0.256 e. The van der Waals surface area contributed by atoms with Gasteiger partial charge in [0.1, 0.15) is 5.82 Å². The van der Waals surface area contributed by atoms with Crippen LogP contribution in [-0.2, 0) is 0 Å². The summed E-state index contributed by atoms with van der Waals surface area (Å²) >= 11 is 3.17. The number of fused-ring (bicyclic) bond motifs is 2. The number of nitrogens with zero attached hydrogens (tertiary/aromatic N) is 5. The maximum absolute atomic E-state index is 13.3. The van der Waals surface area contributed by atoms with Gasteiger partial charge in [0, 0.05) is 43.3 Å². The molecule has 0 unspecified atom stereocenters. The smallest absolute Gasteiger partial charge is 0.256 e. The molecular formula is C24H30N6O2S2. The quantitative estimate of drug-likeness (QED) is 0.529. The molecule has 0 radical (unpaired) electrons. The van der Waals surface area contributed by atoms with Crippen LogP contribution in [0.1, 0.15) is 47.7 Å². The summed E-state index contributed by atoms with van der Waals surface area (Å²) in [6.45, 7) is 9.92. The van der Waals surface area contributed by atoms with Crippen LogP contribution in [0.3, 0.4) is 0 Å². The lowest BCUT2D eigenvalue weighted by Gasteiger charge is -2.42. The number of likely N-dealkylation sites (tertiary alicyclic amines) is 1. The van der Waals surface area contributed by atoms with Crippen molar-refractivity contribution in [1.29, 1.82) is 0 Å². The Morgan fingerprint density at radius 2 is 1.94 bits per heavy atom. The van der Waals surface area contributed by atoms with E-state index in [-0.39, 0.29) is 18.0 Å². The fourth-order valence-corrected chi connectivity index (χ4v) is 6.72. The predicted octanol–water partition coefficient (Wildman–Crippen LogP) is 4.08. The minimum atomic E-state index is -0.727. The molecular weight excluding hydrogens is 468 g/mol. The number of carbonyl (C=O) groups excluding carboxylic acids is 1. The molecule has 180 valence electrons. The number of anilines is 2. The molecule has 5 rings (SSSR count). The van der Waals surface area contributed by atoms with Gasteiger partial charge in [-0.3, -0.25) is 9.69 Å². The first-order valence-electron chi connectivity index (χ1n) is 11.6. The fraction of sp³-hybridized carbons (Fsp3) is 0.500. The second-order valence-electron chi connectivity index (χ2n) is 9.85. The van der Waals surface area contributed by atoms with E-state index in [1.54, 1.807) is 17.5 Å². The van der Waals surface area contributed by atoms with E-state index >= 15 is 0 Å². The number of rotatable bonds is 6. The number of pyridine rings is 1. The van der Waals surface area contributed by atoms with Gasteiger partial charge in [0.05, 0.1) is 32.4 Å². The van der Waals surface area contributed by atoms with Crippen molar-refractivity contribution in [3.8, 4) is 10.6 Å². The Labute approximate surface area is 207 Å². The number of hydrogen-bond acceptors (Lipinski definition) is 9. The normalized spacial score (nSPS) is 20.7. The lowest BCUT2D eigenvalue weighted by Crippen LogP contribution is -2.57. The van der Waals surface area contributed by atoms with Crippen LogP contribution in [0.25, 0.3) is 10.6 Å². The monoisotopic (exact) mass is 498 g/mol. The van der Waals surface area contributed by atoms with E-state index in [9.17, 15) is 9.90 Å². The van der Waals surface area contributed by atoms with Gasteiger partial charge in [-0.25, -0.2) is 15.0 Å². The Balaban J connectivity index is 1.24. The number of nitrogens with one attached hydrogen (secondary N) is 1. The van der Waals surface area contributed by atoms with E-state index in [1.165, 1.54) is 11.3 Å². The molecule has 8 nitrogen and oxygen atoms in total. The van der Waals surface area contributed by atoms with Gasteiger partial charge in [0.15, 0.2) is 5.13 Å². The van der Waals surface area contributed by atoms with Gasteiger partial charge in [-0.1, -0.05) is 0 Å². The van der Waals surface area contributed by atoms with E-state index in [1.807, 2.05) is 50.1 Å². The SMILES string of the molecule is Cc1nc(C)c(-c2csc(Nc3ccc(C(=O)N4[C@@H]5CC[C@H]4CN(CC(C)(C)O)C5)cn3)n2)s1. The molecule has 0 aromatic carbocycles. The first-order chi connectivity index (χ1) is 16.2. The summed E-state index contributed by atoms with van der Waals surface area (Å²) in [5.41, 5.74) is 1.79. The summed E-state index contributed by atoms with van der Waals surface area (Å²) in [7, 11) is 0. The summed E-state index contributed by atoms with van der Waals surface area (Å²) in [4.78, 5) is 32.4. The predicted molar refractivity (Wildman–Crippen MR) is 136 cm³/mol. The lowest BCUT2D eigenvalue weighted by atomic mass is 10.1. The number of aromatic nitrogens is 3. The van der Waals surface area contributed by atoms with Crippen molar-refractivity contribution < 1.29 is 9.90 Å². The summed E-state index contributed by atoms with van der Waals surface area (Å²) in [5.74, 6) is 0.703. The molecule has 2 atom stereocenters. The third-order valence-electron chi connectivity index (χ3n) is 6.29. The van der Waals surface area contributed by atoms with Crippen molar-refractivity contribution in [2.75, 3.05) is 25.0 Å². The van der Waals surface area contributed by atoms with Crippen molar-refractivity contribution in [2.45, 2.75) is 58.2 Å². The van der Waals surface area contributed by atoms with E-state index in [0.29, 0.717) is 17.9 Å². The summed E-state index contributed by atoms with van der Waals surface area (Å²) in [6, 6.07) is 4.06. The molecule has 2 fully saturated rings. The Hall–Kier alpha value is -2.40. The number of hydrogen-bond donors (Lipinski definition) is 2.